The lowest BCUT2D eigenvalue weighted by Gasteiger charge is -2.29. The maximum Gasteiger partial charge on any atom is 0.271 e. The first kappa shape index (κ1) is 22.0. The summed E-state index contributed by atoms with van der Waals surface area (Å²) in [5.74, 6) is 0. The maximum atomic E-state index is 6.17. The fourth-order valence-electron chi connectivity index (χ4n) is 3.11. The van der Waals surface area contributed by atoms with Gasteiger partial charge in [0.25, 0.3) is 6.48 Å². The number of hydrogen-bond donors (Lipinski definition) is 0. The summed E-state index contributed by atoms with van der Waals surface area (Å²) in [5, 5.41) is 0.360. The molecule has 0 N–H and O–H groups in total. The molecule has 7 nitrogen and oxygen atoms in total. The van der Waals surface area contributed by atoms with Crippen LogP contribution in [0.5, 0.6) is 0 Å². The largest absolute Gasteiger partial charge is 0.330 e. The van der Waals surface area contributed by atoms with E-state index in [0.717, 1.165) is 18.5 Å². The summed E-state index contributed by atoms with van der Waals surface area (Å²) in [4.78, 5) is 12.8. The fraction of sp³-hybridized carbons (Fsp3) is 0.737. The van der Waals surface area contributed by atoms with Crippen molar-refractivity contribution in [3.05, 3.63) is 17.8 Å². The number of imidazole rings is 1. The Kier molecular flexibility index (Phi) is 9.41. The number of unbranched alkanes of at least 4 members (excludes halogenated alkanes) is 3. The molecule has 0 aromatic carbocycles. The first-order valence-electron chi connectivity index (χ1n) is 9.83. The van der Waals surface area contributed by atoms with Crippen LogP contribution in [-0.2, 0) is 14.2 Å². The van der Waals surface area contributed by atoms with Crippen molar-refractivity contribution in [1.29, 1.82) is 0 Å². The number of hydrogen-bond acceptors (Lipinski definition) is 6. The molecule has 0 unspecified atom stereocenters. The van der Waals surface area contributed by atoms with Gasteiger partial charge in [-0.05, 0) is 27.2 Å². The van der Waals surface area contributed by atoms with E-state index in [2.05, 4.69) is 21.9 Å². The second kappa shape index (κ2) is 11.5. The average molecular weight is 399 g/mol. The number of rotatable bonds is 13. The molecular formula is C19H31ClN4O3. The van der Waals surface area contributed by atoms with E-state index in [0.29, 0.717) is 23.9 Å². The van der Waals surface area contributed by atoms with Crippen LogP contribution >= 0.6 is 11.6 Å². The maximum absolute atomic E-state index is 6.17. The van der Waals surface area contributed by atoms with Gasteiger partial charge in [0, 0.05) is 13.2 Å². The van der Waals surface area contributed by atoms with Gasteiger partial charge in [-0.1, -0.05) is 44.2 Å². The molecule has 0 saturated heterocycles. The summed E-state index contributed by atoms with van der Waals surface area (Å²) in [6, 6.07) is 0.0428. The molecule has 152 valence electrons. The van der Waals surface area contributed by atoms with Gasteiger partial charge in [-0.2, -0.15) is 0 Å². The summed E-state index contributed by atoms with van der Waals surface area (Å²) in [6.45, 7) is 8.45. The van der Waals surface area contributed by atoms with Crippen molar-refractivity contribution in [3.63, 3.8) is 0 Å². The highest BCUT2D eigenvalue weighted by atomic mass is 35.5. The molecule has 0 fully saturated rings. The zero-order valence-corrected chi connectivity index (χ0v) is 17.5. The van der Waals surface area contributed by atoms with Crippen molar-refractivity contribution in [3.8, 4) is 0 Å². The van der Waals surface area contributed by atoms with Crippen LogP contribution in [0.4, 0.5) is 0 Å². The summed E-state index contributed by atoms with van der Waals surface area (Å²) < 4.78 is 19.2. The average Bonchev–Trinajstić information content (AvgIpc) is 3.07. The van der Waals surface area contributed by atoms with Gasteiger partial charge in [0.2, 0.25) is 0 Å². The highest BCUT2D eigenvalue weighted by Gasteiger charge is 2.26. The van der Waals surface area contributed by atoms with Gasteiger partial charge >= 0.3 is 0 Å². The normalized spacial score (nSPS) is 14.1. The SMILES string of the molecule is CCCCCC[C@H]([C@H](C)OC(OCC)OCC)n1cnc2c(Cl)ncnc21. The van der Waals surface area contributed by atoms with Crippen molar-refractivity contribution in [1.82, 2.24) is 19.5 Å². The zero-order valence-electron chi connectivity index (χ0n) is 16.7. The highest BCUT2D eigenvalue weighted by Crippen LogP contribution is 2.28. The van der Waals surface area contributed by atoms with E-state index in [1.807, 2.05) is 25.3 Å². The van der Waals surface area contributed by atoms with Crippen molar-refractivity contribution >= 4 is 22.8 Å². The van der Waals surface area contributed by atoms with Gasteiger partial charge < -0.3 is 18.8 Å². The van der Waals surface area contributed by atoms with E-state index in [4.69, 9.17) is 25.8 Å². The van der Waals surface area contributed by atoms with Gasteiger partial charge in [-0.25, -0.2) is 15.0 Å². The minimum atomic E-state index is -0.679. The lowest BCUT2D eigenvalue weighted by Crippen LogP contribution is -2.32. The molecule has 0 aliphatic rings. The minimum Gasteiger partial charge on any atom is -0.330 e. The Hall–Kier alpha value is -1.28. The molecule has 2 atom stereocenters. The molecule has 0 amide bonds. The van der Waals surface area contributed by atoms with E-state index in [9.17, 15) is 0 Å². The Balaban J connectivity index is 2.22. The standard InChI is InChI=1S/C19H31ClN4O3/c1-5-8-9-10-11-15(14(4)27-19(25-6-2)26-7-3)24-13-23-16-17(20)21-12-22-18(16)24/h12-15,19H,5-11H2,1-4H3/t14-,15+/m0/s1. The number of aromatic nitrogens is 4. The van der Waals surface area contributed by atoms with E-state index in [-0.39, 0.29) is 12.1 Å². The van der Waals surface area contributed by atoms with Crippen LogP contribution in [0.1, 0.15) is 65.8 Å². The lowest BCUT2D eigenvalue weighted by atomic mass is 10.0. The fourth-order valence-corrected chi connectivity index (χ4v) is 3.29. The number of ether oxygens (including phenoxy) is 3. The van der Waals surface area contributed by atoms with Crippen LogP contribution in [0.15, 0.2) is 12.7 Å². The van der Waals surface area contributed by atoms with Gasteiger partial charge in [0.05, 0.1) is 18.5 Å². The van der Waals surface area contributed by atoms with Crippen LogP contribution in [0.2, 0.25) is 5.15 Å². The molecule has 0 bridgehead atoms. The Morgan fingerprint density at radius 3 is 2.44 bits per heavy atom. The molecule has 0 radical (unpaired) electrons. The zero-order chi connectivity index (χ0) is 19.6. The first-order valence-corrected chi connectivity index (χ1v) is 10.2. The monoisotopic (exact) mass is 398 g/mol. The van der Waals surface area contributed by atoms with Crippen molar-refractivity contribution in [2.24, 2.45) is 0 Å². The Morgan fingerprint density at radius 2 is 1.78 bits per heavy atom. The van der Waals surface area contributed by atoms with E-state index >= 15 is 0 Å². The third kappa shape index (κ3) is 6.10. The minimum absolute atomic E-state index is 0.0428. The van der Waals surface area contributed by atoms with Gasteiger partial charge in [0.1, 0.15) is 11.8 Å². The van der Waals surface area contributed by atoms with Gasteiger partial charge in [0.15, 0.2) is 10.8 Å². The summed E-state index contributed by atoms with van der Waals surface area (Å²) in [7, 11) is 0. The number of fused-ring (bicyclic) bond motifs is 1. The lowest BCUT2D eigenvalue weighted by molar-refractivity contribution is -0.303. The smallest absolute Gasteiger partial charge is 0.271 e. The predicted molar refractivity (Wildman–Crippen MR) is 106 cm³/mol. The van der Waals surface area contributed by atoms with Crippen LogP contribution in [0, 0.1) is 0 Å². The van der Waals surface area contributed by atoms with Crippen molar-refractivity contribution in [2.45, 2.75) is 78.4 Å². The van der Waals surface area contributed by atoms with Crippen LogP contribution in [0.25, 0.3) is 11.2 Å². The molecule has 2 aromatic heterocycles. The molecule has 8 heteroatoms. The Bertz CT molecular complexity index is 676. The molecule has 2 rings (SSSR count). The number of halogens is 1. The molecule has 2 aromatic rings. The molecular weight excluding hydrogens is 368 g/mol. The molecule has 2 heterocycles. The van der Waals surface area contributed by atoms with Gasteiger partial charge in [-0.3, -0.25) is 0 Å². The molecule has 0 aliphatic carbocycles. The van der Waals surface area contributed by atoms with Crippen LogP contribution in [-0.4, -0.2) is 45.3 Å². The quantitative estimate of drug-likeness (QED) is 0.275. The van der Waals surface area contributed by atoms with E-state index in [1.54, 1.807) is 6.33 Å². The third-order valence-corrected chi connectivity index (χ3v) is 4.77. The van der Waals surface area contributed by atoms with Crippen molar-refractivity contribution < 1.29 is 14.2 Å². The second-order valence-corrected chi connectivity index (χ2v) is 6.80. The van der Waals surface area contributed by atoms with E-state index < -0.39 is 6.48 Å². The Labute approximate surface area is 166 Å². The molecule has 27 heavy (non-hydrogen) atoms. The summed E-state index contributed by atoms with van der Waals surface area (Å²) in [6.07, 6.45) is 8.73. The highest BCUT2D eigenvalue weighted by molar-refractivity contribution is 6.33. The molecule has 0 spiro atoms. The number of nitrogens with zero attached hydrogens (tertiary/aromatic N) is 4. The van der Waals surface area contributed by atoms with E-state index in [1.165, 1.54) is 25.6 Å². The van der Waals surface area contributed by atoms with Crippen LogP contribution < -0.4 is 0 Å². The predicted octanol–water partition coefficient (Wildman–Crippen LogP) is 4.75. The summed E-state index contributed by atoms with van der Waals surface area (Å²) >= 11 is 6.17. The second-order valence-electron chi connectivity index (χ2n) is 6.45. The van der Waals surface area contributed by atoms with Gasteiger partial charge in [-0.15, -0.1) is 0 Å². The molecule has 0 saturated carbocycles. The first-order chi connectivity index (χ1) is 13.1. The molecule has 0 aliphatic heterocycles. The third-order valence-electron chi connectivity index (χ3n) is 4.50. The van der Waals surface area contributed by atoms with Crippen LogP contribution in [0.3, 0.4) is 0 Å². The van der Waals surface area contributed by atoms with Crippen molar-refractivity contribution in [2.75, 3.05) is 13.2 Å². The Morgan fingerprint density at radius 1 is 1.04 bits per heavy atom. The topological polar surface area (TPSA) is 71.3 Å². The summed E-state index contributed by atoms with van der Waals surface area (Å²) in [5.41, 5.74) is 1.33.